The number of amides is 1. The van der Waals surface area contributed by atoms with Gasteiger partial charge in [-0.25, -0.2) is 0 Å². The highest BCUT2D eigenvalue weighted by Gasteiger charge is 2.35. The van der Waals surface area contributed by atoms with Crippen molar-refractivity contribution in [3.05, 3.63) is 64.7 Å². The van der Waals surface area contributed by atoms with Crippen LogP contribution in [0.1, 0.15) is 46.1 Å². The number of hydrogen-bond donors (Lipinski definition) is 1. The summed E-state index contributed by atoms with van der Waals surface area (Å²) < 4.78 is 5.81. The molecule has 1 fully saturated rings. The van der Waals surface area contributed by atoms with Crippen LogP contribution in [0.15, 0.2) is 42.5 Å². The van der Waals surface area contributed by atoms with Gasteiger partial charge in [0, 0.05) is 18.8 Å². The first kappa shape index (κ1) is 16.2. The zero-order chi connectivity index (χ0) is 17.4. The molecule has 0 bridgehead atoms. The fourth-order valence-electron chi connectivity index (χ4n) is 3.79. The van der Waals surface area contributed by atoms with Crippen LogP contribution >= 0.6 is 0 Å². The van der Waals surface area contributed by atoms with Gasteiger partial charge < -0.3 is 15.0 Å². The van der Waals surface area contributed by atoms with Crippen LogP contribution in [0.25, 0.3) is 0 Å². The number of aryl methyl sites for hydroxylation is 2. The lowest BCUT2D eigenvalue weighted by atomic mass is 9.98. The highest BCUT2D eigenvalue weighted by Crippen LogP contribution is 2.35. The molecule has 130 valence electrons. The Bertz CT molecular complexity index is 796. The monoisotopic (exact) mass is 336 g/mol. The Hall–Kier alpha value is -2.33. The third kappa shape index (κ3) is 3.02. The van der Waals surface area contributed by atoms with Gasteiger partial charge in [0.15, 0.2) is 0 Å². The van der Waals surface area contributed by atoms with Crippen molar-refractivity contribution in [2.24, 2.45) is 0 Å². The highest BCUT2D eigenvalue weighted by molar-refractivity contribution is 6.01. The second-order valence-corrected chi connectivity index (χ2v) is 7.05. The SMILES string of the molecule is Cc1ccc(C)c(C2Nc3ccccc3C(=O)N2CC2CCCO2)c1. The summed E-state index contributed by atoms with van der Waals surface area (Å²) in [5.74, 6) is 0.0794. The second kappa shape index (κ2) is 6.52. The van der Waals surface area contributed by atoms with Crippen LogP contribution in [0.2, 0.25) is 0 Å². The summed E-state index contributed by atoms with van der Waals surface area (Å²) in [7, 11) is 0. The summed E-state index contributed by atoms with van der Waals surface area (Å²) in [6.07, 6.45) is 2.06. The van der Waals surface area contributed by atoms with E-state index in [4.69, 9.17) is 4.74 Å². The number of carbonyl (C=O) groups excluding carboxylic acids is 1. The number of para-hydroxylation sites is 1. The van der Waals surface area contributed by atoms with Crippen LogP contribution in [-0.4, -0.2) is 30.1 Å². The van der Waals surface area contributed by atoms with E-state index in [1.807, 2.05) is 29.2 Å². The minimum Gasteiger partial charge on any atom is -0.376 e. The molecule has 0 aliphatic carbocycles. The van der Waals surface area contributed by atoms with E-state index < -0.39 is 0 Å². The molecule has 25 heavy (non-hydrogen) atoms. The average molecular weight is 336 g/mol. The molecule has 2 heterocycles. The molecule has 2 aliphatic heterocycles. The predicted molar refractivity (Wildman–Crippen MR) is 98.7 cm³/mol. The molecule has 0 saturated carbocycles. The van der Waals surface area contributed by atoms with Gasteiger partial charge in [-0.05, 0) is 49.9 Å². The third-order valence-electron chi connectivity index (χ3n) is 5.18. The number of anilines is 1. The Morgan fingerprint density at radius 2 is 2.04 bits per heavy atom. The van der Waals surface area contributed by atoms with E-state index in [-0.39, 0.29) is 18.2 Å². The van der Waals surface area contributed by atoms with Crippen molar-refractivity contribution in [1.29, 1.82) is 0 Å². The lowest BCUT2D eigenvalue weighted by Gasteiger charge is -2.40. The summed E-state index contributed by atoms with van der Waals surface area (Å²) in [5, 5.41) is 3.59. The van der Waals surface area contributed by atoms with Gasteiger partial charge in [0.1, 0.15) is 6.17 Å². The number of rotatable bonds is 3. The van der Waals surface area contributed by atoms with Crippen LogP contribution in [-0.2, 0) is 4.74 Å². The molecular formula is C21H24N2O2. The largest absolute Gasteiger partial charge is 0.376 e. The lowest BCUT2D eigenvalue weighted by Crippen LogP contribution is -2.46. The normalized spacial score (nSPS) is 22.6. The zero-order valence-corrected chi connectivity index (χ0v) is 14.8. The Balaban J connectivity index is 1.75. The summed E-state index contributed by atoms with van der Waals surface area (Å²) in [6.45, 7) is 5.61. The zero-order valence-electron chi connectivity index (χ0n) is 14.8. The van der Waals surface area contributed by atoms with Crippen molar-refractivity contribution in [2.45, 2.75) is 39.0 Å². The van der Waals surface area contributed by atoms with Crippen molar-refractivity contribution in [3.8, 4) is 0 Å². The Kier molecular flexibility index (Phi) is 4.22. The van der Waals surface area contributed by atoms with E-state index >= 15 is 0 Å². The molecule has 4 heteroatoms. The van der Waals surface area contributed by atoms with Gasteiger partial charge in [0.25, 0.3) is 5.91 Å². The molecule has 1 saturated heterocycles. The maximum Gasteiger partial charge on any atom is 0.257 e. The first-order valence-corrected chi connectivity index (χ1v) is 8.99. The van der Waals surface area contributed by atoms with Crippen molar-refractivity contribution < 1.29 is 9.53 Å². The minimum atomic E-state index is -0.161. The first-order chi connectivity index (χ1) is 12.1. The maximum atomic E-state index is 13.2. The number of carbonyl (C=O) groups is 1. The standard InChI is InChI=1S/C21H24N2O2/c1-14-9-10-15(2)18(12-14)20-22-19-8-4-3-7-17(19)21(24)23(20)13-16-6-5-11-25-16/h3-4,7-10,12,16,20,22H,5-6,11,13H2,1-2H3. The Morgan fingerprint density at radius 3 is 2.84 bits per heavy atom. The molecular weight excluding hydrogens is 312 g/mol. The fourth-order valence-corrected chi connectivity index (χ4v) is 3.79. The Morgan fingerprint density at radius 1 is 1.20 bits per heavy atom. The minimum absolute atomic E-state index is 0.0794. The quantitative estimate of drug-likeness (QED) is 0.919. The molecule has 2 aromatic rings. The summed E-state index contributed by atoms with van der Waals surface area (Å²) >= 11 is 0. The van der Waals surface area contributed by atoms with E-state index in [1.165, 1.54) is 11.1 Å². The van der Waals surface area contributed by atoms with E-state index in [2.05, 4.69) is 37.4 Å². The summed E-state index contributed by atoms with van der Waals surface area (Å²) in [6, 6.07) is 14.2. The number of benzene rings is 2. The molecule has 2 atom stereocenters. The maximum absolute atomic E-state index is 13.2. The number of nitrogens with zero attached hydrogens (tertiary/aromatic N) is 1. The van der Waals surface area contributed by atoms with Gasteiger partial charge in [0.05, 0.1) is 11.7 Å². The van der Waals surface area contributed by atoms with Gasteiger partial charge in [-0.3, -0.25) is 4.79 Å². The first-order valence-electron chi connectivity index (χ1n) is 8.99. The van der Waals surface area contributed by atoms with Crippen LogP contribution in [0, 0.1) is 13.8 Å². The fraction of sp³-hybridized carbons (Fsp3) is 0.381. The van der Waals surface area contributed by atoms with Gasteiger partial charge in [-0.2, -0.15) is 0 Å². The van der Waals surface area contributed by atoms with Crippen LogP contribution in [0.4, 0.5) is 5.69 Å². The molecule has 0 radical (unpaired) electrons. The van der Waals surface area contributed by atoms with Crippen molar-refractivity contribution in [2.75, 3.05) is 18.5 Å². The van der Waals surface area contributed by atoms with E-state index in [9.17, 15) is 4.79 Å². The Labute approximate surface area is 148 Å². The molecule has 4 rings (SSSR count). The molecule has 4 nitrogen and oxygen atoms in total. The molecule has 0 spiro atoms. The average Bonchev–Trinajstić information content (AvgIpc) is 3.13. The van der Waals surface area contributed by atoms with Crippen molar-refractivity contribution in [1.82, 2.24) is 4.90 Å². The van der Waals surface area contributed by atoms with Gasteiger partial charge >= 0.3 is 0 Å². The van der Waals surface area contributed by atoms with Crippen molar-refractivity contribution >= 4 is 11.6 Å². The lowest BCUT2D eigenvalue weighted by molar-refractivity contribution is 0.0426. The predicted octanol–water partition coefficient (Wildman–Crippen LogP) is 4.05. The van der Waals surface area contributed by atoms with E-state index in [0.29, 0.717) is 6.54 Å². The second-order valence-electron chi connectivity index (χ2n) is 7.05. The summed E-state index contributed by atoms with van der Waals surface area (Å²) in [5.41, 5.74) is 5.18. The smallest absolute Gasteiger partial charge is 0.257 e. The number of hydrogen-bond acceptors (Lipinski definition) is 3. The van der Waals surface area contributed by atoms with Gasteiger partial charge in [-0.1, -0.05) is 35.9 Å². The molecule has 2 aliphatic rings. The molecule has 2 aromatic carbocycles. The highest BCUT2D eigenvalue weighted by atomic mass is 16.5. The van der Waals surface area contributed by atoms with E-state index in [1.54, 1.807) is 0 Å². The van der Waals surface area contributed by atoms with Crippen LogP contribution < -0.4 is 5.32 Å². The van der Waals surface area contributed by atoms with Crippen LogP contribution in [0.5, 0.6) is 0 Å². The van der Waals surface area contributed by atoms with Crippen molar-refractivity contribution in [3.63, 3.8) is 0 Å². The number of fused-ring (bicyclic) bond motifs is 1. The number of ether oxygens (including phenoxy) is 1. The van der Waals surface area contributed by atoms with Gasteiger partial charge in [-0.15, -0.1) is 0 Å². The topological polar surface area (TPSA) is 41.6 Å². The molecule has 0 aromatic heterocycles. The van der Waals surface area contributed by atoms with Gasteiger partial charge in [0.2, 0.25) is 0 Å². The number of nitrogens with one attached hydrogen (secondary N) is 1. The van der Waals surface area contributed by atoms with Crippen LogP contribution in [0.3, 0.4) is 0 Å². The summed E-state index contributed by atoms with van der Waals surface area (Å²) in [4.78, 5) is 15.2. The molecule has 1 amide bonds. The molecule has 2 unspecified atom stereocenters. The molecule has 1 N–H and O–H groups in total. The van der Waals surface area contributed by atoms with E-state index in [0.717, 1.165) is 36.3 Å². The third-order valence-corrected chi connectivity index (χ3v) is 5.18.